The number of carbonyl (C=O) groups is 1. The van der Waals surface area contributed by atoms with Crippen molar-refractivity contribution in [2.24, 2.45) is 46.3 Å². The van der Waals surface area contributed by atoms with E-state index in [0.717, 1.165) is 48.9 Å². The lowest BCUT2D eigenvalue weighted by atomic mass is 9.49. The van der Waals surface area contributed by atoms with Crippen molar-refractivity contribution in [1.29, 1.82) is 0 Å². The van der Waals surface area contributed by atoms with E-state index in [0.29, 0.717) is 22.5 Å². The quantitative estimate of drug-likeness (QED) is 0.400. The number of hydrogen-bond donors (Lipinski definition) is 0. The first-order chi connectivity index (χ1) is 14.2. The molecule has 1 heteroatoms. The van der Waals surface area contributed by atoms with Crippen LogP contribution in [-0.2, 0) is 4.79 Å². The van der Waals surface area contributed by atoms with E-state index in [-0.39, 0.29) is 0 Å². The summed E-state index contributed by atoms with van der Waals surface area (Å²) in [4.78, 5) is 12.1. The lowest BCUT2D eigenvalue weighted by molar-refractivity contribution is -0.127. The van der Waals surface area contributed by atoms with Crippen LogP contribution < -0.4 is 0 Å². The van der Waals surface area contributed by atoms with Gasteiger partial charge in [-0.2, -0.15) is 0 Å². The predicted molar refractivity (Wildman–Crippen MR) is 127 cm³/mol. The molecule has 0 N–H and O–H groups in total. The molecule has 0 amide bonds. The maximum Gasteiger partial charge on any atom is 0.133 e. The van der Waals surface area contributed by atoms with Crippen molar-refractivity contribution in [3.05, 3.63) is 11.1 Å². The molecule has 0 spiro atoms. The highest BCUT2D eigenvalue weighted by atomic mass is 16.1. The third-order valence-corrected chi connectivity index (χ3v) is 11.0. The Bertz CT molecular complexity index is 686. The monoisotopic (exact) mass is 412 g/mol. The molecule has 0 bridgehead atoms. The van der Waals surface area contributed by atoms with E-state index >= 15 is 0 Å². The van der Waals surface area contributed by atoms with Gasteiger partial charge in [-0.15, -0.1) is 0 Å². The zero-order valence-corrected chi connectivity index (χ0v) is 20.9. The molecule has 3 fully saturated rings. The van der Waals surface area contributed by atoms with Crippen LogP contribution in [0.5, 0.6) is 0 Å². The van der Waals surface area contributed by atoms with Crippen LogP contribution in [0.25, 0.3) is 0 Å². The van der Waals surface area contributed by atoms with Gasteiger partial charge in [-0.1, -0.05) is 65.5 Å². The minimum atomic E-state index is 0.408. The summed E-state index contributed by atoms with van der Waals surface area (Å²) in [7, 11) is 0. The van der Waals surface area contributed by atoms with Crippen molar-refractivity contribution in [1.82, 2.24) is 0 Å². The SMILES string of the molecule is CCC(CC[C@@H](C)[C@H]1CCC2=C3CC[C@H]4CC(=O)CC[C@]4(C)[C@H]3CC[C@@]21C)C(C)C. The summed E-state index contributed by atoms with van der Waals surface area (Å²) in [5.41, 5.74) is 4.67. The van der Waals surface area contributed by atoms with Crippen molar-refractivity contribution in [3.8, 4) is 0 Å². The summed E-state index contributed by atoms with van der Waals surface area (Å²) >= 11 is 0. The van der Waals surface area contributed by atoms with Crippen molar-refractivity contribution in [2.75, 3.05) is 0 Å². The molecular weight excluding hydrogens is 364 g/mol. The molecule has 0 radical (unpaired) electrons. The largest absolute Gasteiger partial charge is 0.300 e. The van der Waals surface area contributed by atoms with Gasteiger partial charge in [-0.3, -0.25) is 4.79 Å². The molecule has 1 unspecified atom stereocenters. The fourth-order valence-electron chi connectivity index (χ4n) is 8.92. The van der Waals surface area contributed by atoms with Crippen LogP contribution in [0.2, 0.25) is 0 Å². The summed E-state index contributed by atoms with van der Waals surface area (Å²) in [5, 5.41) is 0. The van der Waals surface area contributed by atoms with E-state index in [1.807, 2.05) is 11.1 Å². The second-order valence-corrected chi connectivity index (χ2v) is 12.6. The van der Waals surface area contributed by atoms with E-state index in [9.17, 15) is 4.79 Å². The Labute approximate surface area is 186 Å². The lowest BCUT2D eigenvalue weighted by Crippen LogP contribution is -2.47. The van der Waals surface area contributed by atoms with Crippen molar-refractivity contribution >= 4 is 5.78 Å². The summed E-state index contributed by atoms with van der Waals surface area (Å²) in [6.45, 7) is 15.0. The highest BCUT2D eigenvalue weighted by Gasteiger charge is 2.55. The molecule has 1 nitrogen and oxygen atoms in total. The van der Waals surface area contributed by atoms with Crippen molar-refractivity contribution in [3.63, 3.8) is 0 Å². The topological polar surface area (TPSA) is 17.1 Å². The van der Waals surface area contributed by atoms with Crippen LogP contribution in [-0.4, -0.2) is 5.78 Å². The molecule has 0 aromatic carbocycles. The van der Waals surface area contributed by atoms with Crippen LogP contribution in [0, 0.1) is 46.3 Å². The molecular formula is C29H48O. The van der Waals surface area contributed by atoms with Gasteiger partial charge < -0.3 is 0 Å². The maximum absolute atomic E-state index is 12.1. The van der Waals surface area contributed by atoms with Crippen LogP contribution in [0.3, 0.4) is 0 Å². The van der Waals surface area contributed by atoms with E-state index in [4.69, 9.17) is 0 Å². The number of allylic oxidation sites excluding steroid dienone is 2. The van der Waals surface area contributed by atoms with Gasteiger partial charge in [-0.25, -0.2) is 0 Å². The molecule has 170 valence electrons. The maximum atomic E-state index is 12.1. The van der Waals surface area contributed by atoms with Crippen molar-refractivity contribution in [2.45, 2.75) is 119 Å². The minimum Gasteiger partial charge on any atom is -0.300 e. The van der Waals surface area contributed by atoms with E-state index in [2.05, 4.69) is 41.5 Å². The van der Waals surface area contributed by atoms with Crippen LogP contribution in [0.1, 0.15) is 119 Å². The Hall–Kier alpha value is -0.590. The molecule has 0 aliphatic heterocycles. The van der Waals surface area contributed by atoms with Gasteiger partial charge in [0.15, 0.2) is 0 Å². The molecule has 0 aromatic heterocycles. The Kier molecular flexibility index (Phi) is 6.33. The second-order valence-electron chi connectivity index (χ2n) is 12.6. The second kappa shape index (κ2) is 8.40. The standard InChI is InChI=1S/C29H48O/c1-7-21(19(2)3)9-8-20(4)25-12-13-26-24-11-10-22-18-23(30)14-16-28(22,5)27(24)15-17-29(25,26)6/h19-22,25,27H,7-18H2,1-6H3/t20-,21?,22+,25-,27+,28+,29-/m1/s1. The number of rotatable bonds is 6. The van der Waals surface area contributed by atoms with E-state index in [1.54, 1.807) is 0 Å². The molecule has 0 aromatic rings. The Balaban J connectivity index is 1.52. The fourth-order valence-corrected chi connectivity index (χ4v) is 8.92. The Morgan fingerprint density at radius 3 is 2.43 bits per heavy atom. The van der Waals surface area contributed by atoms with Gasteiger partial charge in [0.05, 0.1) is 0 Å². The highest BCUT2D eigenvalue weighted by Crippen LogP contribution is 2.65. The van der Waals surface area contributed by atoms with Gasteiger partial charge >= 0.3 is 0 Å². The zero-order chi connectivity index (χ0) is 21.7. The molecule has 0 heterocycles. The summed E-state index contributed by atoms with van der Waals surface area (Å²) < 4.78 is 0. The third kappa shape index (κ3) is 3.65. The smallest absolute Gasteiger partial charge is 0.133 e. The van der Waals surface area contributed by atoms with Gasteiger partial charge in [-0.05, 0) is 97.7 Å². The molecule has 3 saturated carbocycles. The van der Waals surface area contributed by atoms with Gasteiger partial charge in [0.2, 0.25) is 0 Å². The van der Waals surface area contributed by atoms with Crippen molar-refractivity contribution < 1.29 is 4.79 Å². The van der Waals surface area contributed by atoms with E-state index in [1.165, 1.54) is 57.8 Å². The number of carbonyl (C=O) groups excluding carboxylic acids is 1. The predicted octanol–water partition coefficient (Wildman–Crippen LogP) is 8.38. The number of Topliss-reactive ketones (excluding diaryl/α,β-unsaturated/α-hetero) is 1. The first kappa shape index (κ1) is 22.6. The summed E-state index contributed by atoms with van der Waals surface area (Å²) in [6.07, 6.45) is 15.2. The zero-order valence-electron chi connectivity index (χ0n) is 20.9. The molecule has 0 saturated heterocycles. The number of hydrogen-bond acceptors (Lipinski definition) is 1. The van der Waals surface area contributed by atoms with Crippen LogP contribution >= 0.6 is 0 Å². The molecule has 4 rings (SSSR count). The van der Waals surface area contributed by atoms with Crippen LogP contribution in [0.4, 0.5) is 0 Å². The first-order valence-corrected chi connectivity index (χ1v) is 13.4. The van der Waals surface area contributed by atoms with Gasteiger partial charge in [0, 0.05) is 12.8 Å². The average Bonchev–Trinajstić information content (AvgIpc) is 3.06. The molecule has 4 aliphatic rings. The van der Waals surface area contributed by atoms with E-state index < -0.39 is 0 Å². The molecule has 4 aliphatic carbocycles. The lowest BCUT2D eigenvalue weighted by Gasteiger charge is -2.56. The Morgan fingerprint density at radius 2 is 1.73 bits per heavy atom. The first-order valence-electron chi connectivity index (χ1n) is 13.4. The Morgan fingerprint density at radius 1 is 0.967 bits per heavy atom. The number of ketones is 1. The third-order valence-electron chi connectivity index (χ3n) is 11.0. The summed E-state index contributed by atoms with van der Waals surface area (Å²) in [6, 6.07) is 0. The number of fused-ring (bicyclic) bond motifs is 4. The summed E-state index contributed by atoms with van der Waals surface area (Å²) in [5.74, 6) is 5.46. The molecule has 30 heavy (non-hydrogen) atoms. The average molecular weight is 413 g/mol. The molecule has 7 atom stereocenters. The normalized spacial score (nSPS) is 40.8. The fraction of sp³-hybridized carbons (Fsp3) is 0.897. The minimum absolute atomic E-state index is 0.408. The van der Waals surface area contributed by atoms with Crippen LogP contribution in [0.15, 0.2) is 11.1 Å². The highest BCUT2D eigenvalue weighted by molar-refractivity contribution is 5.79. The van der Waals surface area contributed by atoms with Gasteiger partial charge in [0.1, 0.15) is 5.78 Å². The van der Waals surface area contributed by atoms with Gasteiger partial charge in [0.25, 0.3) is 0 Å².